The third-order valence-corrected chi connectivity index (χ3v) is 4.26. The fourth-order valence-electron chi connectivity index (χ4n) is 3.30. The van der Waals surface area contributed by atoms with E-state index in [-0.39, 0.29) is 18.0 Å². The van der Waals surface area contributed by atoms with E-state index in [1.54, 1.807) is 0 Å². The van der Waals surface area contributed by atoms with Crippen LogP contribution in [0.15, 0.2) is 60.7 Å². The maximum absolute atomic E-state index is 12.9. The highest BCUT2D eigenvalue weighted by molar-refractivity contribution is 5.78. The highest BCUT2D eigenvalue weighted by atomic mass is 16.2. The van der Waals surface area contributed by atoms with Crippen molar-refractivity contribution in [3.05, 3.63) is 71.8 Å². The Labute approximate surface area is 152 Å². The van der Waals surface area contributed by atoms with Crippen LogP contribution in [0.2, 0.25) is 0 Å². The first-order chi connectivity index (χ1) is 12.0. The average molecular weight is 338 g/mol. The Bertz CT molecular complexity index is 588. The second-order valence-electron chi connectivity index (χ2n) is 7.10. The second-order valence-corrected chi connectivity index (χ2v) is 7.10. The SMILES string of the molecule is CC(C)N(C(=O)CN(Cc1ccccc1)Cc1ccccc1)C(C)C. The lowest BCUT2D eigenvalue weighted by molar-refractivity contribution is -0.136. The Morgan fingerprint density at radius 1 is 0.760 bits per heavy atom. The van der Waals surface area contributed by atoms with Gasteiger partial charge in [0, 0.05) is 25.2 Å². The van der Waals surface area contributed by atoms with Gasteiger partial charge >= 0.3 is 0 Å². The number of benzene rings is 2. The number of amides is 1. The molecule has 1 amide bonds. The molecule has 0 radical (unpaired) electrons. The van der Waals surface area contributed by atoms with Crippen molar-refractivity contribution in [3.8, 4) is 0 Å². The molecule has 0 aliphatic rings. The van der Waals surface area contributed by atoms with Gasteiger partial charge in [-0.2, -0.15) is 0 Å². The Hall–Kier alpha value is -2.13. The Balaban J connectivity index is 2.14. The Kier molecular flexibility index (Phi) is 7.20. The zero-order valence-corrected chi connectivity index (χ0v) is 15.9. The zero-order chi connectivity index (χ0) is 18.2. The first-order valence-corrected chi connectivity index (χ1v) is 9.08. The number of carbonyl (C=O) groups excluding carboxylic acids is 1. The van der Waals surface area contributed by atoms with Gasteiger partial charge in [-0.15, -0.1) is 0 Å². The van der Waals surface area contributed by atoms with Crippen LogP contribution in [-0.2, 0) is 17.9 Å². The molecule has 0 saturated carbocycles. The van der Waals surface area contributed by atoms with Crippen LogP contribution in [0.4, 0.5) is 0 Å². The lowest BCUT2D eigenvalue weighted by atomic mass is 10.1. The fraction of sp³-hybridized carbons (Fsp3) is 0.409. The molecule has 0 aliphatic carbocycles. The van der Waals surface area contributed by atoms with Crippen LogP contribution >= 0.6 is 0 Å². The van der Waals surface area contributed by atoms with Crippen molar-refractivity contribution < 1.29 is 4.79 Å². The van der Waals surface area contributed by atoms with Gasteiger partial charge in [0.15, 0.2) is 0 Å². The van der Waals surface area contributed by atoms with E-state index in [0.717, 1.165) is 13.1 Å². The number of carbonyl (C=O) groups is 1. The maximum atomic E-state index is 12.9. The van der Waals surface area contributed by atoms with E-state index in [1.165, 1.54) is 11.1 Å². The van der Waals surface area contributed by atoms with Crippen LogP contribution in [0, 0.1) is 0 Å². The minimum Gasteiger partial charge on any atom is -0.337 e. The molecule has 0 fully saturated rings. The smallest absolute Gasteiger partial charge is 0.237 e. The summed E-state index contributed by atoms with van der Waals surface area (Å²) in [6, 6.07) is 21.1. The van der Waals surface area contributed by atoms with E-state index in [4.69, 9.17) is 0 Å². The van der Waals surface area contributed by atoms with Crippen molar-refractivity contribution in [1.82, 2.24) is 9.80 Å². The molecule has 0 saturated heterocycles. The third-order valence-electron chi connectivity index (χ3n) is 4.26. The highest BCUT2D eigenvalue weighted by Gasteiger charge is 2.22. The normalized spacial score (nSPS) is 11.3. The van der Waals surface area contributed by atoms with Gasteiger partial charge in [-0.25, -0.2) is 0 Å². The Morgan fingerprint density at radius 3 is 1.52 bits per heavy atom. The molecule has 0 heterocycles. The second kappa shape index (κ2) is 9.38. The molecule has 0 unspecified atom stereocenters. The van der Waals surface area contributed by atoms with Crippen LogP contribution in [0.3, 0.4) is 0 Å². The zero-order valence-electron chi connectivity index (χ0n) is 15.9. The van der Waals surface area contributed by atoms with E-state index >= 15 is 0 Å². The van der Waals surface area contributed by atoms with Crippen molar-refractivity contribution in [2.75, 3.05) is 6.54 Å². The lowest BCUT2D eigenvalue weighted by Crippen LogP contribution is -2.46. The van der Waals surface area contributed by atoms with E-state index in [0.29, 0.717) is 6.54 Å². The fourth-order valence-corrected chi connectivity index (χ4v) is 3.30. The van der Waals surface area contributed by atoms with Crippen molar-refractivity contribution in [2.24, 2.45) is 0 Å². The van der Waals surface area contributed by atoms with Crippen LogP contribution < -0.4 is 0 Å². The molecule has 0 atom stereocenters. The summed E-state index contributed by atoms with van der Waals surface area (Å²) < 4.78 is 0. The molecule has 0 N–H and O–H groups in total. The molecule has 0 bridgehead atoms. The summed E-state index contributed by atoms with van der Waals surface area (Å²) in [4.78, 5) is 17.1. The van der Waals surface area contributed by atoms with Crippen molar-refractivity contribution >= 4 is 5.91 Å². The van der Waals surface area contributed by atoms with Gasteiger partial charge in [0.2, 0.25) is 5.91 Å². The van der Waals surface area contributed by atoms with Crippen molar-refractivity contribution in [1.29, 1.82) is 0 Å². The summed E-state index contributed by atoms with van der Waals surface area (Å²) in [7, 11) is 0. The molecule has 2 aromatic carbocycles. The molecule has 3 nitrogen and oxygen atoms in total. The monoisotopic (exact) mass is 338 g/mol. The van der Waals surface area contributed by atoms with E-state index in [1.807, 2.05) is 41.3 Å². The van der Waals surface area contributed by atoms with Crippen LogP contribution in [-0.4, -0.2) is 34.3 Å². The number of rotatable bonds is 8. The molecule has 3 heteroatoms. The predicted octanol–water partition coefficient (Wildman–Crippen LogP) is 4.33. The summed E-state index contributed by atoms with van der Waals surface area (Å²) in [6.07, 6.45) is 0. The molecule has 2 aromatic rings. The first-order valence-electron chi connectivity index (χ1n) is 9.08. The van der Waals surface area contributed by atoms with Gasteiger partial charge in [0.25, 0.3) is 0 Å². The predicted molar refractivity (Wildman–Crippen MR) is 104 cm³/mol. The van der Waals surface area contributed by atoms with Gasteiger partial charge in [-0.05, 0) is 38.8 Å². The minimum absolute atomic E-state index is 0.192. The molecule has 2 rings (SSSR count). The quantitative estimate of drug-likeness (QED) is 0.715. The summed E-state index contributed by atoms with van der Waals surface area (Å²) in [5.74, 6) is 0.192. The molecule has 0 aliphatic heterocycles. The maximum Gasteiger partial charge on any atom is 0.237 e. The highest BCUT2D eigenvalue weighted by Crippen LogP contribution is 2.12. The van der Waals surface area contributed by atoms with Crippen LogP contribution in [0.25, 0.3) is 0 Å². The van der Waals surface area contributed by atoms with E-state index in [9.17, 15) is 4.79 Å². The largest absolute Gasteiger partial charge is 0.337 e. The average Bonchev–Trinajstić information content (AvgIpc) is 2.55. The molecular weight excluding hydrogens is 308 g/mol. The van der Waals surface area contributed by atoms with Crippen molar-refractivity contribution in [3.63, 3.8) is 0 Å². The van der Waals surface area contributed by atoms with E-state index in [2.05, 4.69) is 56.9 Å². The van der Waals surface area contributed by atoms with Crippen LogP contribution in [0.1, 0.15) is 38.8 Å². The number of nitrogens with zero attached hydrogens (tertiary/aromatic N) is 2. The summed E-state index contributed by atoms with van der Waals surface area (Å²) >= 11 is 0. The molecular formula is C22H30N2O. The standard InChI is InChI=1S/C22H30N2O/c1-18(2)24(19(3)4)22(25)17-23(15-20-11-7-5-8-12-20)16-21-13-9-6-10-14-21/h5-14,18-19H,15-17H2,1-4H3. The molecule has 0 spiro atoms. The third kappa shape index (κ3) is 6.02. The van der Waals surface area contributed by atoms with E-state index < -0.39 is 0 Å². The number of hydrogen-bond donors (Lipinski definition) is 0. The lowest BCUT2D eigenvalue weighted by Gasteiger charge is -2.33. The molecule has 0 aromatic heterocycles. The molecule has 134 valence electrons. The van der Waals surface area contributed by atoms with Gasteiger partial charge in [0.05, 0.1) is 6.54 Å². The van der Waals surface area contributed by atoms with Gasteiger partial charge in [0.1, 0.15) is 0 Å². The van der Waals surface area contributed by atoms with Gasteiger partial charge in [-0.3, -0.25) is 9.69 Å². The van der Waals surface area contributed by atoms with Gasteiger partial charge in [-0.1, -0.05) is 60.7 Å². The van der Waals surface area contributed by atoms with Gasteiger partial charge < -0.3 is 4.90 Å². The van der Waals surface area contributed by atoms with Crippen LogP contribution in [0.5, 0.6) is 0 Å². The van der Waals surface area contributed by atoms with Crippen molar-refractivity contribution in [2.45, 2.75) is 52.9 Å². The topological polar surface area (TPSA) is 23.6 Å². The first kappa shape index (κ1) is 19.2. The minimum atomic E-state index is 0.192. The summed E-state index contributed by atoms with van der Waals surface area (Å²) in [5, 5.41) is 0. The molecule has 25 heavy (non-hydrogen) atoms. The Morgan fingerprint density at radius 2 is 1.16 bits per heavy atom. The summed E-state index contributed by atoms with van der Waals surface area (Å²) in [6.45, 7) is 10.3. The summed E-state index contributed by atoms with van der Waals surface area (Å²) in [5.41, 5.74) is 2.46. The number of hydrogen-bond acceptors (Lipinski definition) is 2.